The first-order valence-electron chi connectivity index (χ1n) is 49.6. The van der Waals surface area contributed by atoms with Crippen LogP contribution in [-0.2, 0) is 51.4 Å². The summed E-state index contributed by atoms with van der Waals surface area (Å²) in [4.78, 5) is 0. The van der Waals surface area contributed by atoms with E-state index in [1.807, 2.05) is 0 Å². The topological polar surface area (TPSA) is 65.7 Å². The first-order chi connectivity index (χ1) is 69.2. The third-order valence-corrected chi connectivity index (χ3v) is 28.4. The SMILES string of the molecule is CCCCc1c2ccccc2cc2c1oc1c(Cc3ccccc3)cccc12.CCCc1c2ccccc2cc2c1oc1c(Cc3ccccc3)cccc12.CCc1c2ccccc2cc2c1oc1c(Cc3ccccc3)cccc12.Cc1cccc2c1oc1c(Cc3ccccc3)c3ccccc3cc12.c1ccc(Cc2c3ccccc3cc3c2oc2c(-c4cccc5ccccc45)cccc23)cc1. The predicted octanol–water partition coefficient (Wildman–Crippen LogP) is 37.6. The van der Waals surface area contributed by atoms with Crippen LogP contribution in [0.25, 0.3) is 185 Å². The minimum Gasteiger partial charge on any atom is -0.455 e. The summed E-state index contributed by atoms with van der Waals surface area (Å²) in [6.07, 6.45) is 10.9. The van der Waals surface area contributed by atoms with Crippen LogP contribution in [0.3, 0.4) is 0 Å². The Morgan fingerprint density at radius 1 is 0.171 bits per heavy atom. The van der Waals surface area contributed by atoms with Gasteiger partial charge in [-0.3, -0.25) is 0 Å². The monoisotopic (exact) mass is 1810 g/mol. The fourth-order valence-corrected chi connectivity index (χ4v) is 21.7. The maximum atomic E-state index is 6.80. The van der Waals surface area contributed by atoms with Gasteiger partial charge in [-0.15, -0.1) is 0 Å². The number of aryl methyl sites for hydroxylation is 4. The molecule has 5 heterocycles. The van der Waals surface area contributed by atoms with Crippen LogP contribution < -0.4 is 0 Å². The number of rotatable bonds is 17. The molecule has 5 nitrogen and oxygen atoms in total. The Morgan fingerprint density at radius 2 is 0.436 bits per heavy atom. The van der Waals surface area contributed by atoms with Crippen LogP contribution in [0.1, 0.15) is 118 Å². The highest BCUT2D eigenvalue weighted by Crippen LogP contribution is 2.47. The minimum absolute atomic E-state index is 0.835. The van der Waals surface area contributed by atoms with Gasteiger partial charge in [0.1, 0.15) is 55.8 Å². The third-order valence-electron chi connectivity index (χ3n) is 28.4. The maximum absolute atomic E-state index is 6.80. The molecule has 0 amide bonds. The molecule has 0 saturated carbocycles. The van der Waals surface area contributed by atoms with Gasteiger partial charge in [0, 0.05) is 119 Å². The lowest BCUT2D eigenvalue weighted by Crippen LogP contribution is -1.91. The summed E-state index contributed by atoms with van der Waals surface area (Å²) in [6, 6.07) is 155. The van der Waals surface area contributed by atoms with Crippen molar-refractivity contribution in [2.75, 3.05) is 0 Å². The van der Waals surface area contributed by atoms with Crippen molar-refractivity contribution in [2.24, 2.45) is 0 Å². The van der Waals surface area contributed by atoms with E-state index >= 15 is 0 Å². The summed E-state index contributed by atoms with van der Waals surface area (Å²) in [7, 11) is 0. The Bertz CT molecular complexity index is 9250. The van der Waals surface area contributed by atoms with Crippen LogP contribution in [0.15, 0.2) is 459 Å². The fraction of sp³-hybridized carbons (Fsp3) is 0.111. The lowest BCUT2D eigenvalue weighted by Gasteiger charge is -2.08. The second-order valence-corrected chi connectivity index (χ2v) is 37.3. The zero-order chi connectivity index (χ0) is 93.9. The number of hydrogen-bond donors (Lipinski definition) is 0. The zero-order valence-corrected chi connectivity index (χ0v) is 79.4. The van der Waals surface area contributed by atoms with E-state index < -0.39 is 0 Å². The van der Waals surface area contributed by atoms with Crippen LogP contribution in [-0.4, -0.2) is 0 Å². The van der Waals surface area contributed by atoms with Gasteiger partial charge in [-0.25, -0.2) is 0 Å². The van der Waals surface area contributed by atoms with Crippen LogP contribution in [0.4, 0.5) is 0 Å². The maximum Gasteiger partial charge on any atom is 0.143 e. The molecule has 0 radical (unpaired) electrons. The lowest BCUT2D eigenvalue weighted by atomic mass is 9.94. The van der Waals surface area contributed by atoms with Crippen LogP contribution in [0.5, 0.6) is 0 Å². The van der Waals surface area contributed by atoms with E-state index in [1.165, 1.54) is 215 Å². The van der Waals surface area contributed by atoms with Gasteiger partial charge in [0.05, 0.1) is 0 Å². The van der Waals surface area contributed by atoms with Crippen molar-refractivity contribution in [3.8, 4) is 11.1 Å². The van der Waals surface area contributed by atoms with Crippen molar-refractivity contribution in [2.45, 2.75) is 98.3 Å². The second kappa shape index (κ2) is 38.9. The van der Waals surface area contributed by atoms with Crippen molar-refractivity contribution in [3.05, 3.63) is 515 Å². The van der Waals surface area contributed by atoms with E-state index in [1.54, 1.807) is 0 Å². The summed E-state index contributed by atoms with van der Waals surface area (Å²) < 4.78 is 32.8. The average molecular weight is 1810 g/mol. The number of para-hydroxylation sites is 5. The Kier molecular flexibility index (Phi) is 24.3. The standard InChI is InChI=1S/C33H22O.C27H24O.C26H22O.C25H20O.C24H18O/c1-2-10-22(11-3-1)20-30-26-16-7-5-13-24(26)21-31-29-19-9-18-28(32(29)34-33(30)31)27-17-8-14-23-12-4-6-15-25(23)27;1-2-3-14-23-22-15-8-7-12-20(22)18-25-24-16-9-13-21(26(24)28-27(23)25)17-19-10-5-4-6-11-19;1-2-9-22-21-14-7-6-12-19(21)17-24-23-15-8-13-20(25(23)27-26(22)24)16-18-10-4-3-5-11-18;1-2-20-21-13-7-6-11-18(21)16-23-22-14-8-12-19(24(22)26-25(20)23)15-17-9-4-3-5-10-17;1-16-8-7-13-20-22-15-18-11-5-6-12-19(18)21(24(22)25-23(16)20)14-17-9-3-2-4-10-17/h1-19,21H,20H2;4-13,15-16,18H,2-3,14,17H2,1H3;3-8,10-15,17H,2,9,16H2,1H3;3-14,16H,2,15H2,1H3;2-13,15H,14H2,1H3. The van der Waals surface area contributed by atoms with E-state index in [-0.39, 0.29) is 0 Å². The van der Waals surface area contributed by atoms with Crippen LogP contribution in [0.2, 0.25) is 0 Å². The molecule has 0 aliphatic heterocycles. The Balaban J connectivity index is 0.0000000981. The summed E-state index contributed by atoms with van der Waals surface area (Å²) >= 11 is 0. The molecule has 0 atom stereocenters. The predicted molar refractivity (Wildman–Crippen MR) is 592 cm³/mol. The van der Waals surface area contributed by atoms with Gasteiger partial charge >= 0.3 is 0 Å². The molecule has 0 aliphatic rings. The van der Waals surface area contributed by atoms with E-state index in [4.69, 9.17) is 22.1 Å². The van der Waals surface area contributed by atoms with E-state index in [9.17, 15) is 0 Å². The van der Waals surface area contributed by atoms with Gasteiger partial charge < -0.3 is 22.1 Å². The van der Waals surface area contributed by atoms with E-state index in [2.05, 4.69) is 464 Å². The Morgan fingerprint density at radius 3 is 0.821 bits per heavy atom. The first-order valence-corrected chi connectivity index (χ1v) is 49.6. The molecule has 676 valence electrons. The van der Waals surface area contributed by atoms with Gasteiger partial charge in [-0.2, -0.15) is 0 Å². The van der Waals surface area contributed by atoms with Crippen molar-refractivity contribution < 1.29 is 22.1 Å². The molecule has 0 N–H and O–H groups in total. The highest BCUT2D eigenvalue weighted by Gasteiger charge is 2.25. The lowest BCUT2D eigenvalue weighted by molar-refractivity contribution is 0.655. The minimum atomic E-state index is 0.835. The molecule has 22 aromatic carbocycles. The highest BCUT2D eigenvalue weighted by atomic mass is 16.3. The van der Waals surface area contributed by atoms with Gasteiger partial charge in [0.25, 0.3) is 0 Å². The molecule has 27 rings (SSSR count). The van der Waals surface area contributed by atoms with Crippen LogP contribution >= 0.6 is 0 Å². The summed E-state index contributed by atoms with van der Waals surface area (Å²) in [6.45, 7) is 8.80. The van der Waals surface area contributed by atoms with Gasteiger partial charge in [-0.05, 0) is 183 Å². The molecule has 0 spiro atoms. The molecule has 27 aromatic rings. The largest absolute Gasteiger partial charge is 0.455 e. The molecule has 0 fully saturated rings. The normalized spacial score (nSPS) is 11.6. The number of furan rings is 5. The number of hydrogen-bond acceptors (Lipinski definition) is 5. The number of benzene rings is 22. The van der Waals surface area contributed by atoms with E-state index in [0.717, 1.165) is 119 Å². The molecular weight excluding hydrogens is 1700 g/mol. The molecule has 140 heavy (non-hydrogen) atoms. The first kappa shape index (κ1) is 87.4. The molecule has 0 unspecified atom stereocenters. The van der Waals surface area contributed by atoms with Crippen molar-refractivity contribution in [3.63, 3.8) is 0 Å². The molecule has 0 bridgehead atoms. The Labute approximate surface area is 814 Å². The smallest absolute Gasteiger partial charge is 0.143 e. The molecule has 5 aromatic heterocycles. The quantitative estimate of drug-likeness (QED) is 0.0909. The zero-order valence-electron chi connectivity index (χ0n) is 79.4. The summed E-state index contributed by atoms with van der Waals surface area (Å²) in [5, 5.41) is 27.5. The van der Waals surface area contributed by atoms with Crippen molar-refractivity contribution in [1.82, 2.24) is 0 Å². The molecule has 0 saturated heterocycles. The molecular formula is C135H106O5. The van der Waals surface area contributed by atoms with Crippen molar-refractivity contribution >= 4 is 174 Å². The highest BCUT2D eigenvalue weighted by molar-refractivity contribution is 6.19. The van der Waals surface area contributed by atoms with Crippen molar-refractivity contribution in [1.29, 1.82) is 0 Å². The number of fused-ring (bicyclic) bond motifs is 21. The van der Waals surface area contributed by atoms with Gasteiger partial charge in [0.15, 0.2) is 0 Å². The van der Waals surface area contributed by atoms with Gasteiger partial charge in [-0.1, -0.05) is 440 Å². The van der Waals surface area contributed by atoms with Crippen LogP contribution in [0, 0.1) is 6.92 Å². The third kappa shape index (κ3) is 16.9. The van der Waals surface area contributed by atoms with Gasteiger partial charge in [0.2, 0.25) is 0 Å². The average Bonchev–Trinajstić information content (AvgIpc) is 1.56. The summed E-state index contributed by atoms with van der Waals surface area (Å²) in [5.41, 5.74) is 30.6. The second-order valence-electron chi connectivity index (χ2n) is 37.3. The molecule has 5 heteroatoms. The van der Waals surface area contributed by atoms with E-state index in [0.29, 0.717) is 0 Å². The fourth-order valence-electron chi connectivity index (χ4n) is 21.7. The molecule has 0 aliphatic carbocycles. The number of unbranched alkanes of at least 4 members (excludes halogenated alkanes) is 1. The summed E-state index contributed by atoms with van der Waals surface area (Å²) in [5.74, 6) is 0. The Hall–Kier alpha value is -16.6.